The third-order valence-electron chi connectivity index (χ3n) is 7.53. The van der Waals surface area contributed by atoms with Gasteiger partial charge in [0.25, 0.3) is 0 Å². The molecule has 0 amide bonds. The SMILES string of the molecule is OC(CN1CC[N+]2(CCCC2)CC1)CN1CC[N+]2(CCCC2)CC1. The highest BCUT2D eigenvalue weighted by molar-refractivity contribution is 4.75. The van der Waals surface area contributed by atoms with Crippen LogP contribution in [0.3, 0.4) is 0 Å². The summed E-state index contributed by atoms with van der Waals surface area (Å²) in [5.41, 5.74) is 0. The van der Waals surface area contributed by atoms with Crippen LogP contribution < -0.4 is 0 Å². The van der Waals surface area contributed by atoms with Gasteiger partial charge in [-0.3, -0.25) is 9.80 Å². The van der Waals surface area contributed by atoms with E-state index in [4.69, 9.17) is 0 Å². The lowest BCUT2D eigenvalue weighted by atomic mass is 10.2. The molecule has 0 aromatic rings. The van der Waals surface area contributed by atoms with Crippen LogP contribution in [0.4, 0.5) is 0 Å². The van der Waals surface area contributed by atoms with Crippen molar-refractivity contribution >= 4 is 0 Å². The van der Waals surface area contributed by atoms with E-state index in [1.165, 1.54) is 113 Å². The maximum Gasteiger partial charge on any atom is 0.0916 e. The number of quaternary nitrogens is 2. The molecule has 0 radical (unpaired) electrons. The van der Waals surface area contributed by atoms with Crippen molar-refractivity contribution < 1.29 is 14.1 Å². The van der Waals surface area contributed by atoms with Gasteiger partial charge in [0.2, 0.25) is 0 Å². The summed E-state index contributed by atoms with van der Waals surface area (Å²) in [6, 6.07) is 0. The van der Waals surface area contributed by atoms with Gasteiger partial charge in [-0.05, 0) is 0 Å². The summed E-state index contributed by atoms with van der Waals surface area (Å²) in [5, 5.41) is 10.6. The highest BCUT2D eigenvalue weighted by Gasteiger charge is 2.37. The van der Waals surface area contributed by atoms with Crippen LogP contribution in [0, 0.1) is 0 Å². The third kappa shape index (κ3) is 3.80. The Morgan fingerprint density at radius 1 is 0.583 bits per heavy atom. The molecule has 0 unspecified atom stereocenters. The Morgan fingerprint density at radius 3 is 1.25 bits per heavy atom. The number of hydrogen-bond acceptors (Lipinski definition) is 3. The molecule has 4 aliphatic heterocycles. The first-order chi connectivity index (χ1) is 11.7. The minimum absolute atomic E-state index is 0.166. The molecule has 0 saturated carbocycles. The molecule has 4 rings (SSSR count). The van der Waals surface area contributed by atoms with Gasteiger partial charge in [0.1, 0.15) is 0 Å². The molecule has 5 nitrogen and oxygen atoms in total. The van der Waals surface area contributed by atoms with Gasteiger partial charge in [0, 0.05) is 65.0 Å². The zero-order valence-corrected chi connectivity index (χ0v) is 15.5. The summed E-state index contributed by atoms with van der Waals surface area (Å²) >= 11 is 0. The van der Waals surface area contributed by atoms with Crippen molar-refractivity contribution in [2.75, 3.05) is 91.6 Å². The summed E-state index contributed by atoms with van der Waals surface area (Å²) in [6.45, 7) is 17.4. The van der Waals surface area contributed by atoms with Crippen molar-refractivity contribution in [3.63, 3.8) is 0 Å². The Balaban J connectivity index is 1.17. The van der Waals surface area contributed by atoms with E-state index in [0.29, 0.717) is 0 Å². The average Bonchev–Trinajstić information content (AvgIpc) is 3.23. The Labute approximate surface area is 148 Å². The summed E-state index contributed by atoms with van der Waals surface area (Å²) in [7, 11) is 0. The summed E-state index contributed by atoms with van der Waals surface area (Å²) in [5.74, 6) is 0. The van der Waals surface area contributed by atoms with Crippen LogP contribution in [-0.4, -0.2) is 122 Å². The molecule has 2 spiro atoms. The molecular weight excluding hydrogens is 300 g/mol. The lowest BCUT2D eigenvalue weighted by Crippen LogP contribution is -2.60. The fourth-order valence-corrected chi connectivity index (χ4v) is 5.79. The monoisotopic (exact) mass is 338 g/mol. The first-order valence-corrected chi connectivity index (χ1v) is 10.5. The predicted octanol–water partition coefficient (Wildman–Crippen LogP) is 0.200. The van der Waals surface area contributed by atoms with Crippen LogP contribution in [0.25, 0.3) is 0 Å². The third-order valence-corrected chi connectivity index (χ3v) is 7.53. The van der Waals surface area contributed by atoms with Crippen LogP contribution in [-0.2, 0) is 0 Å². The van der Waals surface area contributed by atoms with E-state index in [1.807, 2.05) is 0 Å². The largest absolute Gasteiger partial charge is 0.390 e. The maximum atomic E-state index is 10.6. The molecule has 0 bridgehead atoms. The standard InChI is InChI=1S/C19H38N4O/c24-19(17-20-5-13-22(14-6-20)9-1-2-10-22)18-21-7-15-23(16-8-21)11-3-4-12-23/h19,24H,1-18H2/q+2. The van der Waals surface area contributed by atoms with E-state index in [2.05, 4.69) is 9.80 Å². The van der Waals surface area contributed by atoms with E-state index in [-0.39, 0.29) is 6.10 Å². The van der Waals surface area contributed by atoms with E-state index in [0.717, 1.165) is 13.1 Å². The molecule has 24 heavy (non-hydrogen) atoms. The van der Waals surface area contributed by atoms with Crippen molar-refractivity contribution in [1.82, 2.24) is 9.80 Å². The fourth-order valence-electron chi connectivity index (χ4n) is 5.79. The Morgan fingerprint density at radius 2 is 0.917 bits per heavy atom. The summed E-state index contributed by atoms with van der Waals surface area (Å²) in [6.07, 6.45) is 5.55. The second-order valence-electron chi connectivity index (χ2n) is 9.14. The fraction of sp³-hybridized carbons (Fsp3) is 1.00. The molecule has 5 heteroatoms. The average molecular weight is 339 g/mol. The number of aliphatic hydroxyl groups is 1. The van der Waals surface area contributed by atoms with Gasteiger partial charge in [0.05, 0.1) is 58.5 Å². The summed E-state index contributed by atoms with van der Waals surface area (Å²) < 4.78 is 2.75. The Bertz CT molecular complexity index is 360. The van der Waals surface area contributed by atoms with Gasteiger partial charge in [0.15, 0.2) is 0 Å². The zero-order chi connectivity index (χ0) is 16.5. The van der Waals surface area contributed by atoms with Gasteiger partial charge >= 0.3 is 0 Å². The van der Waals surface area contributed by atoms with Crippen molar-refractivity contribution in [3.05, 3.63) is 0 Å². The lowest BCUT2D eigenvalue weighted by molar-refractivity contribution is -0.920. The van der Waals surface area contributed by atoms with Gasteiger partial charge in [-0.25, -0.2) is 0 Å². The Kier molecular flexibility index (Phi) is 5.17. The molecule has 1 N–H and O–H groups in total. The minimum atomic E-state index is -0.166. The first-order valence-electron chi connectivity index (χ1n) is 10.5. The molecule has 0 atom stereocenters. The maximum absolute atomic E-state index is 10.6. The van der Waals surface area contributed by atoms with E-state index in [1.54, 1.807) is 0 Å². The molecular formula is C19H38N4O+2. The quantitative estimate of drug-likeness (QED) is 0.742. The van der Waals surface area contributed by atoms with Crippen LogP contribution in [0.2, 0.25) is 0 Å². The normalized spacial score (nSPS) is 30.8. The van der Waals surface area contributed by atoms with Gasteiger partial charge < -0.3 is 14.1 Å². The van der Waals surface area contributed by atoms with Crippen LogP contribution in [0.1, 0.15) is 25.7 Å². The van der Waals surface area contributed by atoms with Crippen molar-refractivity contribution in [1.29, 1.82) is 0 Å². The van der Waals surface area contributed by atoms with Crippen molar-refractivity contribution in [2.24, 2.45) is 0 Å². The highest BCUT2D eigenvalue weighted by Crippen LogP contribution is 2.23. The highest BCUT2D eigenvalue weighted by atomic mass is 16.3. The van der Waals surface area contributed by atoms with Gasteiger partial charge in [-0.1, -0.05) is 0 Å². The second-order valence-corrected chi connectivity index (χ2v) is 9.14. The first kappa shape index (κ1) is 17.2. The second kappa shape index (κ2) is 7.20. The zero-order valence-electron chi connectivity index (χ0n) is 15.5. The van der Waals surface area contributed by atoms with Crippen LogP contribution >= 0.6 is 0 Å². The smallest absolute Gasteiger partial charge is 0.0916 e. The van der Waals surface area contributed by atoms with Crippen molar-refractivity contribution in [2.45, 2.75) is 31.8 Å². The van der Waals surface area contributed by atoms with Crippen LogP contribution in [0.15, 0.2) is 0 Å². The number of aliphatic hydroxyl groups excluding tert-OH is 1. The predicted molar refractivity (Wildman–Crippen MR) is 96.8 cm³/mol. The number of piperazine rings is 2. The molecule has 0 aromatic heterocycles. The van der Waals surface area contributed by atoms with E-state index < -0.39 is 0 Å². The molecule has 138 valence electrons. The summed E-state index contributed by atoms with van der Waals surface area (Å²) in [4.78, 5) is 5.04. The number of rotatable bonds is 4. The topological polar surface area (TPSA) is 26.7 Å². The van der Waals surface area contributed by atoms with E-state index >= 15 is 0 Å². The molecule has 0 aliphatic carbocycles. The number of β-amino-alcohol motifs (C(OH)–C–C–N with tert-alkyl or cyclic N) is 1. The molecule has 4 fully saturated rings. The van der Waals surface area contributed by atoms with E-state index in [9.17, 15) is 5.11 Å². The molecule has 0 aromatic carbocycles. The number of hydrogen-bond donors (Lipinski definition) is 1. The van der Waals surface area contributed by atoms with Gasteiger partial charge in [-0.2, -0.15) is 0 Å². The van der Waals surface area contributed by atoms with Crippen LogP contribution in [0.5, 0.6) is 0 Å². The molecule has 4 saturated heterocycles. The molecule has 4 aliphatic rings. The minimum Gasteiger partial charge on any atom is -0.390 e. The number of nitrogens with zero attached hydrogens (tertiary/aromatic N) is 4. The van der Waals surface area contributed by atoms with Crippen molar-refractivity contribution in [3.8, 4) is 0 Å². The van der Waals surface area contributed by atoms with Gasteiger partial charge in [-0.15, -0.1) is 0 Å². The molecule has 4 heterocycles. The lowest BCUT2D eigenvalue weighted by Gasteiger charge is -2.44. The Hall–Kier alpha value is -0.200.